The molecule has 0 aliphatic rings. The Morgan fingerprint density at radius 3 is 2.68 bits per heavy atom. The third kappa shape index (κ3) is 4.97. The number of rotatable bonds is 7. The van der Waals surface area contributed by atoms with E-state index in [4.69, 9.17) is 4.42 Å². The van der Waals surface area contributed by atoms with Gasteiger partial charge in [-0.25, -0.2) is 0 Å². The minimum atomic E-state index is -0.128. The van der Waals surface area contributed by atoms with E-state index in [-0.39, 0.29) is 24.3 Å². The Bertz CT molecular complexity index is 803. The predicted octanol–water partition coefficient (Wildman–Crippen LogP) is 2.81. The van der Waals surface area contributed by atoms with Gasteiger partial charge in [0, 0.05) is 12.2 Å². The minimum absolute atomic E-state index is 0.0650. The molecule has 1 atom stereocenters. The molecule has 2 heterocycles. The number of hydrogen-bond donors (Lipinski definition) is 1. The van der Waals surface area contributed by atoms with E-state index in [2.05, 4.69) is 32.6 Å². The van der Waals surface area contributed by atoms with Gasteiger partial charge in [0.15, 0.2) is 0 Å². The molecule has 0 bridgehead atoms. The van der Waals surface area contributed by atoms with Crippen LogP contribution in [0.25, 0.3) is 11.6 Å². The van der Waals surface area contributed by atoms with E-state index in [1.165, 1.54) is 5.56 Å². The third-order valence-electron chi connectivity index (χ3n) is 3.78. The summed E-state index contributed by atoms with van der Waals surface area (Å²) < 4.78 is 5.51. The molecule has 3 aromatic rings. The highest BCUT2D eigenvalue weighted by atomic mass is 16.4. The van der Waals surface area contributed by atoms with Crippen LogP contribution >= 0.6 is 0 Å². The van der Waals surface area contributed by atoms with Gasteiger partial charge in [0.2, 0.25) is 11.8 Å². The van der Waals surface area contributed by atoms with Crippen LogP contribution < -0.4 is 5.32 Å². The van der Waals surface area contributed by atoms with Crippen molar-refractivity contribution in [2.24, 2.45) is 0 Å². The molecule has 0 saturated heterocycles. The summed E-state index contributed by atoms with van der Waals surface area (Å²) >= 11 is 0. The largest absolute Gasteiger partial charge is 0.419 e. The molecule has 1 N–H and O–H groups in total. The lowest BCUT2D eigenvalue weighted by Gasteiger charge is -2.13. The lowest BCUT2D eigenvalue weighted by molar-refractivity contribution is -0.121. The summed E-state index contributed by atoms with van der Waals surface area (Å²) in [7, 11) is 0. The fourth-order valence-electron chi connectivity index (χ4n) is 2.48. The average molecular weight is 336 g/mol. The molecule has 1 aromatic carbocycles. The van der Waals surface area contributed by atoms with Crippen molar-refractivity contribution in [1.82, 2.24) is 20.5 Å². The summed E-state index contributed by atoms with van der Waals surface area (Å²) in [5.41, 5.74) is 1.86. The van der Waals surface area contributed by atoms with Gasteiger partial charge in [0.05, 0.1) is 0 Å². The smallest absolute Gasteiger partial charge is 0.266 e. The Kier molecular flexibility index (Phi) is 5.51. The summed E-state index contributed by atoms with van der Waals surface area (Å²) in [5, 5.41) is 10.8. The van der Waals surface area contributed by atoms with Gasteiger partial charge >= 0.3 is 0 Å². The first-order chi connectivity index (χ1) is 12.2. The Balaban J connectivity index is 1.48. The van der Waals surface area contributed by atoms with Crippen LogP contribution in [0, 0.1) is 0 Å². The van der Waals surface area contributed by atoms with Crippen molar-refractivity contribution in [3.05, 3.63) is 66.2 Å². The quantitative estimate of drug-likeness (QED) is 0.717. The van der Waals surface area contributed by atoms with Gasteiger partial charge in [-0.1, -0.05) is 36.4 Å². The molecule has 0 aliphatic heterocycles. The Hall–Kier alpha value is -3.02. The molecule has 1 amide bonds. The summed E-state index contributed by atoms with van der Waals surface area (Å²) in [6.07, 6.45) is 3.52. The second-order valence-corrected chi connectivity index (χ2v) is 5.89. The molecule has 128 valence electrons. The monoisotopic (exact) mass is 336 g/mol. The van der Waals surface area contributed by atoms with Crippen LogP contribution in [0.4, 0.5) is 0 Å². The maximum Gasteiger partial charge on any atom is 0.266 e. The third-order valence-corrected chi connectivity index (χ3v) is 3.78. The number of aryl methyl sites for hydroxylation is 1. The van der Waals surface area contributed by atoms with Gasteiger partial charge in [-0.15, -0.1) is 10.2 Å². The Labute approximate surface area is 146 Å². The summed E-state index contributed by atoms with van der Waals surface area (Å²) in [5.74, 6) is 0.478. The molecule has 0 radical (unpaired) electrons. The highest BCUT2D eigenvalue weighted by Gasteiger charge is 2.14. The number of carbonyl (C=O) groups excluding carboxylic acids is 1. The van der Waals surface area contributed by atoms with Crippen LogP contribution in [0.15, 0.2) is 59.1 Å². The van der Waals surface area contributed by atoms with Gasteiger partial charge in [0.25, 0.3) is 5.89 Å². The number of nitrogens with zero attached hydrogens (tertiary/aromatic N) is 3. The molecule has 2 aromatic heterocycles. The van der Waals surface area contributed by atoms with E-state index in [1.807, 2.05) is 37.3 Å². The number of amides is 1. The molecule has 0 spiro atoms. The maximum atomic E-state index is 12.1. The first-order valence-corrected chi connectivity index (χ1v) is 8.28. The zero-order valence-electron chi connectivity index (χ0n) is 14.1. The van der Waals surface area contributed by atoms with Crippen molar-refractivity contribution in [2.75, 3.05) is 0 Å². The van der Waals surface area contributed by atoms with Crippen LogP contribution in [0.5, 0.6) is 0 Å². The molecule has 6 heteroatoms. The van der Waals surface area contributed by atoms with Crippen molar-refractivity contribution in [2.45, 2.75) is 32.2 Å². The van der Waals surface area contributed by atoms with E-state index < -0.39 is 0 Å². The lowest BCUT2D eigenvalue weighted by atomic mass is 10.1. The first kappa shape index (κ1) is 16.8. The second kappa shape index (κ2) is 8.19. The zero-order valence-corrected chi connectivity index (χ0v) is 14.1. The standard InChI is InChI=1S/C19H20N4O2/c1-14(10-11-15-7-3-2-4-8-15)21-17(24)13-18-22-23-19(25-18)16-9-5-6-12-20-16/h2-9,12,14H,10-11,13H2,1H3,(H,21,24)/t14-/m0/s1. The van der Waals surface area contributed by atoms with Crippen LogP contribution in [-0.2, 0) is 17.6 Å². The van der Waals surface area contributed by atoms with Crippen molar-refractivity contribution >= 4 is 5.91 Å². The fraction of sp³-hybridized carbons (Fsp3) is 0.263. The van der Waals surface area contributed by atoms with Gasteiger partial charge in [-0.05, 0) is 37.5 Å². The van der Waals surface area contributed by atoms with Crippen LogP contribution in [0.2, 0.25) is 0 Å². The van der Waals surface area contributed by atoms with Gasteiger partial charge in [-0.2, -0.15) is 0 Å². The molecular formula is C19H20N4O2. The van der Waals surface area contributed by atoms with E-state index >= 15 is 0 Å². The van der Waals surface area contributed by atoms with Crippen molar-refractivity contribution < 1.29 is 9.21 Å². The highest BCUT2D eigenvalue weighted by Crippen LogP contribution is 2.14. The molecule has 0 fully saturated rings. The minimum Gasteiger partial charge on any atom is -0.419 e. The molecule has 25 heavy (non-hydrogen) atoms. The fourth-order valence-corrected chi connectivity index (χ4v) is 2.48. The first-order valence-electron chi connectivity index (χ1n) is 8.28. The topological polar surface area (TPSA) is 80.9 Å². The molecule has 6 nitrogen and oxygen atoms in total. The predicted molar refractivity (Wildman–Crippen MR) is 93.6 cm³/mol. The Morgan fingerprint density at radius 1 is 1.12 bits per heavy atom. The molecular weight excluding hydrogens is 316 g/mol. The van der Waals surface area contributed by atoms with Crippen LogP contribution in [-0.4, -0.2) is 27.1 Å². The number of aromatic nitrogens is 3. The summed E-state index contributed by atoms with van der Waals surface area (Å²) in [6, 6.07) is 15.7. The second-order valence-electron chi connectivity index (χ2n) is 5.89. The highest BCUT2D eigenvalue weighted by molar-refractivity contribution is 5.77. The van der Waals surface area contributed by atoms with Gasteiger partial charge in [0.1, 0.15) is 12.1 Å². The van der Waals surface area contributed by atoms with Gasteiger partial charge < -0.3 is 9.73 Å². The maximum absolute atomic E-state index is 12.1. The van der Waals surface area contributed by atoms with Crippen molar-refractivity contribution in [3.8, 4) is 11.6 Å². The number of pyridine rings is 1. The molecule has 0 saturated carbocycles. The SMILES string of the molecule is C[C@@H](CCc1ccccc1)NC(=O)Cc1nnc(-c2ccccn2)o1. The van der Waals surface area contributed by atoms with E-state index in [9.17, 15) is 4.79 Å². The number of carbonyl (C=O) groups is 1. The van der Waals surface area contributed by atoms with Crippen LogP contribution in [0.1, 0.15) is 24.8 Å². The summed E-state index contributed by atoms with van der Waals surface area (Å²) in [4.78, 5) is 16.3. The molecule has 0 unspecified atom stereocenters. The van der Waals surface area contributed by atoms with Gasteiger partial charge in [-0.3, -0.25) is 9.78 Å². The Morgan fingerprint density at radius 2 is 1.92 bits per heavy atom. The van der Waals surface area contributed by atoms with E-state index in [1.54, 1.807) is 12.3 Å². The van der Waals surface area contributed by atoms with Crippen molar-refractivity contribution in [1.29, 1.82) is 0 Å². The van der Waals surface area contributed by atoms with E-state index in [0.717, 1.165) is 12.8 Å². The number of benzene rings is 1. The average Bonchev–Trinajstić information content (AvgIpc) is 3.10. The van der Waals surface area contributed by atoms with Crippen molar-refractivity contribution in [3.63, 3.8) is 0 Å². The zero-order chi connectivity index (χ0) is 17.5. The lowest BCUT2D eigenvalue weighted by Crippen LogP contribution is -2.34. The molecule has 0 aliphatic carbocycles. The number of hydrogen-bond acceptors (Lipinski definition) is 5. The van der Waals surface area contributed by atoms with E-state index in [0.29, 0.717) is 11.6 Å². The van der Waals surface area contributed by atoms with Crippen LogP contribution in [0.3, 0.4) is 0 Å². The molecule has 3 rings (SSSR count). The number of nitrogens with one attached hydrogen (secondary N) is 1. The normalized spacial score (nSPS) is 11.9. The summed E-state index contributed by atoms with van der Waals surface area (Å²) in [6.45, 7) is 1.99.